The van der Waals surface area contributed by atoms with Gasteiger partial charge in [-0.3, -0.25) is 4.79 Å². The number of benzene rings is 3. The fourth-order valence-electron chi connectivity index (χ4n) is 6.22. The Hall–Kier alpha value is -4.39. The van der Waals surface area contributed by atoms with E-state index >= 15 is 4.39 Å². The van der Waals surface area contributed by atoms with E-state index < -0.39 is 23.1 Å². The number of fused-ring (bicyclic) bond motifs is 6. The monoisotopic (exact) mass is 496 g/mol. The smallest absolute Gasteiger partial charge is 0.343 e. The van der Waals surface area contributed by atoms with E-state index in [1.54, 1.807) is 26.1 Å². The number of rotatable bonds is 3. The number of aromatic nitrogens is 1. The van der Waals surface area contributed by atoms with Gasteiger partial charge in [-0.15, -0.1) is 0 Å². The highest BCUT2D eigenvalue weighted by Crippen LogP contribution is 2.60. The quantitative estimate of drug-likeness (QED) is 0.362. The lowest BCUT2D eigenvalue weighted by molar-refractivity contribution is -0.136. The maximum atomic E-state index is 15.3. The maximum absolute atomic E-state index is 15.3. The predicted molar refractivity (Wildman–Crippen MR) is 139 cm³/mol. The van der Waals surface area contributed by atoms with Crippen molar-refractivity contribution in [1.82, 2.24) is 4.98 Å². The van der Waals surface area contributed by atoms with Crippen LogP contribution in [0.15, 0.2) is 78.6 Å². The van der Waals surface area contributed by atoms with Crippen LogP contribution in [0.5, 0.6) is 0 Å². The standard InChI is InChI=1S/C30H25FN2O4/c1-3-37-28(35)24-23(34)16-20(17-10-5-4-6-11-17)30(25-18-12-7-8-15-22(18)32-26(24)25)19-13-9-14-21(31)27(19)33(2)29(30)36/h4-15,20,32,34H,3,16H2,1-2H3/t20-,30+/m0/s1. The number of aliphatic hydroxyl groups excluding tert-OH is 1. The second kappa shape index (κ2) is 8.34. The summed E-state index contributed by atoms with van der Waals surface area (Å²) in [6.07, 6.45) is -0.0233. The number of H-pyrrole nitrogens is 1. The summed E-state index contributed by atoms with van der Waals surface area (Å²) < 4.78 is 20.7. The number of nitrogens with zero attached hydrogens (tertiary/aromatic N) is 1. The molecular weight excluding hydrogens is 471 g/mol. The number of carbonyl (C=O) groups excluding carboxylic acids is 2. The lowest BCUT2D eigenvalue weighted by Crippen LogP contribution is -2.44. The molecule has 1 aromatic heterocycles. The van der Waals surface area contributed by atoms with Gasteiger partial charge in [0.2, 0.25) is 5.91 Å². The Morgan fingerprint density at radius 2 is 1.84 bits per heavy atom. The van der Waals surface area contributed by atoms with Crippen LogP contribution in [0, 0.1) is 5.82 Å². The molecule has 0 bridgehead atoms. The third-order valence-corrected chi connectivity index (χ3v) is 7.63. The minimum Gasteiger partial charge on any atom is -0.511 e. The zero-order valence-electron chi connectivity index (χ0n) is 20.4. The van der Waals surface area contributed by atoms with E-state index in [4.69, 9.17) is 4.74 Å². The molecule has 2 aliphatic rings. The average Bonchev–Trinajstić information content (AvgIpc) is 3.33. The van der Waals surface area contributed by atoms with Gasteiger partial charge in [-0.25, -0.2) is 9.18 Å². The summed E-state index contributed by atoms with van der Waals surface area (Å²) in [7, 11) is 1.57. The number of likely N-dealkylation sites (N-methyl/N-ethyl adjacent to an activating group) is 1. The SMILES string of the molecule is CCOC(=O)C1=C(O)C[C@@H](c2ccccc2)[C@@]2(C(=O)N(C)c3c(F)cccc32)c2c1[nH]c1ccccc21. The van der Waals surface area contributed by atoms with Crippen LogP contribution < -0.4 is 4.90 Å². The van der Waals surface area contributed by atoms with Gasteiger partial charge in [0, 0.05) is 35.9 Å². The Bertz CT molecular complexity index is 1610. The molecule has 0 unspecified atom stereocenters. The summed E-state index contributed by atoms with van der Waals surface area (Å²) >= 11 is 0. The molecule has 2 heterocycles. The van der Waals surface area contributed by atoms with Crippen molar-refractivity contribution >= 4 is 34.0 Å². The summed E-state index contributed by atoms with van der Waals surface area (Å²) in [4.78, 5) is 32.5. The van der Waals surface area contributed by atoms with Crippen LogP contribution in [-0.4, -0.2) is 35.6 Å². The molecule has 37 heavy (non-hydrogen) atoms. The summed E-state index contributed by atoms with van der Waals surface area (Å²) in [5.41, 5.74) is 1.59. The Kier molecular flexibility index (Phi) is 5.19. The number of hydrogen-bond donors (Lipinski definition) is 2. The molecule has 1 aliphatic carbocycles. The summed E-state index contributed by atoms with van der Waals surface area (Å²) in [5, 5.41) is 12.2. The number of ether oxygens (including phenoxy) is 1. The number of halogens is 1. The molecule has 1 amide bonds. The van der Waals surface area contributed by atoms with E-state index in [-0.39, 0.29) is 36.0 Å². The number of anilines is 1. The van der Waals surface area contributed by atoms with Crippen molar-refractivity contribution in [2.75, 3.05) is 18.6 Å². The normalized spacial score (nSPS) is 20.8. The van der Waals surface area contributed by atoms with Gasteiger partial charge in [-0.05, 0) is 30.2 Å². The molecule has 1 aliphatic heterocycles. The van der Waals surface area contributed by atoms with Gasteiger partial charge >= 0.3 is 5.97 Å². The Morgan fingerprint density at radius 3 is 2.59 bits per heavy atom. The van der Waals surface area contributed by atoms with Crippen molar-refractivity contribution in [3.05, 3.63) is 107 Å². The number of para-hydroxylation sites is 2. The molecule has 6 rings (SSSR count). The van der Waals surface area contributed by atoms with E-state index in [1.807, 2.05) is 54.6 Å². The van der Waals surface area contributed by atoms with Crippen LogP contribution in [0.1, 0.15) is 41.6 Å². The first-order valence-corrected chi connectivity index (χ1v) is 12.2. The van der Waals surface area contributed by atoms with Gasteiger partial charge in [0.25, 0.3) is 0 Å². The summed E-state index contributed by atoms with van der Waals surface area (Å²) in [6, 6.07) is 21.6. The number of nitrogens with one attached hydrogen (secondary N) is 1. The first-order valence-electron chi connectivity index (χ1n) is 12.2. The molecular formula is C30H25FN2O4. The number of esters is 1. The largest absolute Gasteiger partial charge is 0.511 e. The number of aliphatic hydroxyl groups is 1. The number of aromatic amines is 1. The van der Waals surface area contributed by atoms with Crippen molar-refractivity contribution in [3.63, 3.8) is 0 Å². The second-order valence-corrected chi connectivity index (χ2v) is 9.44. The first kappa shape index (κ1) is 23.0. The molecule has 0 radical (unpaired) electrons. The Morgan fingerprint density at radius 1 is 1.11 bits per heavy atom. The van der Waals surface area contributed by atoms with Gasteiger partial charge < -0.3 is 19.7 Å². The molecule has 0 saturated carbocycles. The minimum absolute atomic E-state index is 0.00818. The predicted octanol–water partition coefficient (Wildman–Crippen LogP) is 5.59. The molecule has 1 spiro atoms. The highest BCUT2D eigenvalue weighted by atomic mass is 19.1. The maximum Gasteiger partial charge on any atom is 0.343 e. The summed E-state index contributed by atoms with van der Waals surface area (Å²) in [6.45, 7) is 1.81. The third kappa shape index (κ3) is 3.03. The first-order chi connectivity index (χ1) is 17.9. The van der Waals surface area contributed by atoms with Crippen LogP contribution in [-0.2, 0) is 19.7 Å². The lowest BCUT2D eigenvalue weighted by Gasteiger charge is -2.36. The Balaban J connectivity index is 1.82. The van der Waals surface area contributed by atoms with Crippen molar-refractivity contribution in [1.29, 1.82) is 0 Å². The van der Waals surface area contributed by atoms with Crippen LogP contribution in [0.4, 0.5) is 10.1 Å². The topological polar surface area (TPSA) is 82.6 Å². The van der Waals surface area contributed by atoms with Crippen molar-refractivity contribution in [3.8, 4) is 0 Å². The number of allylic oxidation sites excluding steroid dienone is 1. The Labute approximate surface area is 213 Å². The van der Waals surface area contributed by atoms with Gasteiger partial charge in [-0.2, -0.15) is 0 Å². The zero-order valence-corrected chi connectivity index (χ0v) is 20.4. The van der Waals surface area contributed by atoms with E-state index in [2.05, 4.69) is 4.98 Å². The molecule has 7 heteroatoms. The van der Waals surface area contributed by atoms with Crippen molar-refractivity contribution < 1.29 is 23.8 Å². The van der Waals surface area contributed by atoms with E-state index in [9.17, 15) is 14.7 Å². The van der Waals surface area contributed by atoms with Crippen LogP contribution >= 0.6 is 0 Å². The van der Waals surface area contributed by atoms with Gasteiger partial charge in [0.15, 0.2) is 0 Å². The molecule has 2 N–H and O–H groups in total. The number of hydrogen-bond acceptors (Lipinski definition) is 4. The van der Waals surface area contributed by atoms with Crippen molar-refractivity contribution in [2.24, 2.45) is 0 Å². The van der Waals surface area contributed by atoms with Gasteiger partial charge in [-0.1, -0.05) is 60.7 Å². The van der Waals surface area contributed by atoms with Crippen LogP contribution in [0.2, 0.25) is 0 Å². The fraction of sp³-hybridized carbons (Fsp3) is 0.200. The highest BCUT2D eigenvalue weighted by molar-refractivity contribution is 6.21. The van der Waals surface area contributed by atoms with E-state index in [0.717, 1.165) is 5.56 Å². The van der Waals surface area contributed by atoms with Crippen LogP contribution in [0.25, 0.3) is 16.5 Å². The van der Waals surface area contributed by atoms with Gasteiger partial charge in [0.1, 0.15) is 22.6 Å². The molecule has 2 atom stereocenters. The zero-order chi connectivity index (χ0) is 25.9. The number of carbonyl (C=O) groups is 2. The molecule has 0 fully saturated rings. The van der Waals surface area contributed by atoms with Crippen molar-refractivity contribution in [2.45, 2.75) is 24.7 Å². The van der Waals surface area contributed by atoms with Gasteiger partial charge in [0.05, 0.1) is 18.0 Å². The van der Waals surface area contributed by atoms with Crippen LogP contribution in [0.3, 0.4) is 0 Å². The minimum atomic E-state index is -1.43. The highest BCUT2D eigenvalue weighted by Gasteiger charge is 2.60. The van der Waals surface area contributed by atoms with E-state index in [0.29, 0.717) is 27.7 Å². The lowest BCUT2D eigenvalue weighted by atomic mass is 9.63. The average molecular weight is 497 g/mol. The third-order valence-electron chi connectivity index (χ3n) is 7.63. The van der Waals surface area contributed by atoms with E-state index in [1.165, 1.54) is 11.0 Å². The molecule has 6 nitrogen and oxygen atoms in total. The molecule has 3 aromatic carbocycles. The number of amides is 1. The fourth-order valence-corrected chi connectivity index (χ4v) is 6.22. The second-order valence-electron chi connectivity index (χ2n) is 9.44. The molecule has 4 aromatic rings. The summed E-state index contributed by atoms with van der Waals surface area (Å²) in [5.74, 6) is -2.35. The molecule has 0 saturated heterocycles. The molecule has 186 valence electrons.